The zero-order valence-corrected chi connectivity index (χ0v) is 11.9. The van der Waals surface area contributed by atoms with E-state index >= 15 is 0 Å². The topological polar surface area (TPSA) is 98.7 Å². The van der Waals surface area contributed by atoms with Gasteiger partial charge in [-0.15, -0.1) is 0 Å². The highest BCUT2D eigenvalue weighted by atomic mass is 79.9. The Morgan fingerprint density at radius 2 is 2.11 bits per heavy atom. The van der Waals surface area contributed by atoms with Gasteiger partial charge in [-0.1, -0.05) is 22.9 Å². The average molecular weight is 331 g/mol. The Hall–Kier alpha value is -1.60. The van der Waals surface area contributed by atoms with Crippen molar-refractivity contribution in [1.82, 2.24) is 5.32 Å². The van der Waals surface area contributed by atoms with Crippen molar-refractivity contribution in [3.8, 4) is 0 Å². The molecule has 0 aliphatic rings. The first-order valence-corrected chi connectivity index (χ1v) is 6.46. The predicted octanol–water partition coefficient (Wildman–Crippen LogP) is 1.58. The van der Waals surface area contributed by atoms with E-state index in [0.29, 0.717) is 5.69 Å². The van der Waals surface area contributed by atoms with E-state index in [1.54, 1.807) is 12.1 Å². The van der Waals surface area contributed by atoms with E-state index < -0.39 is 24.6 Å². The average Bonchev–Trinajstić information content (AvgIpc) is 2.37. The molecule has 1 atom stereocenters. The number of hydrogen-bond donors (Lipinski definition) is 4. The number of carboxylic acids is 1. The maximum atomic E-state index is 11.6. The summed E-state index contributed by atoms with van der Waals surface area (Å²) in [6, 6.07) is 3.38. The first kappa shape index (κ1) is 15.5. The lowest BCUT2D eigenvalue weighted by atomic mass is 10.1. The van der Waals surface area contributed by atoms with Crippen molar-refractivity contribution in [2.24, 2.45) is 0 Å². The molecule has 0 spiro atoms. The minimum Gasteiger partial charge on any atom is -0.480 e. The fourth-order valence-corrected chi connectivity index (χ4v) is 1.89. The molecule has 0 fully saturated rings. The zero-order chi connectivity index (χ0) is 14.4. The molecule has 0 unspecified atom stereocenters. The molecule has 0 aliphatic heterocycles. The minimum absolute atomic E-state index is 0.602. The normalized spacial score (nSPS) is 11.7. The van der Waals surface area contributed by atoms with E-state index in [0.717, 1.165) is 16.5 Å². The molecule has 1 aromatic carbocycles. The fraction of sp³-hybridized carbons (Fsp3) is 0.333. The Balaban J connectivity index is 2.74. The van der Waals surface area contributed by atoms with Gasteiger partial charge in [0.2, 0.25) is 0 Å². The van der Waals surface area contributed by atoms with Crippen molar-refractivity contribution < 1.29 is 19.8 Å². The number of carboxylic acid groups (broad SMARTS) is 1. The van der Waals surface area contributed by atoms with Gasteiger partial charge in [-0.25, -0.2) is 9.59 Å². The van der Waals surface area contributed by atoms with E-state index in [9.17, 15) is 9.59 Å². The molecule has 2 amide bonds. The number of nitrogens with one attached hydrogen (secondary N) is 2. The van der Waals surface area contributed by atoms with Crippen LogP contribution in [-0.2, 0) is 11.2 Å². The standard InChI is InChI=1S/C12H15BrN2O4/c1-2-7-5-8(13)3-4-9(7)14-12(19)15-10(6-16)11(17)18/h3-5,10,16H,2,6H2,1H3,(H,17,18)(H2,14,15,19)/t10-/m1/s1. The molecular formula is C12H15BrN2O4. The number of benzene rings is 1. The number of hydrogen-bond acceptors (Lipinski definition) is 3. The third-order valence-corrected chi connectivity index (χ3v) is 2.98. The van der Waals surface area contributed by atoms with Gasteiger partial charge in [0.1, 0.15) is 0 Å². The van der Waals surface area contributed by atoms with E-state index in [-0.39, 0.29) is 0 Å². The molecule has 1 aromatic rings. The van der Waals surface area contributed by atoms with Gasteiger partial charge in [-0.2, -0.15) is 0 Å². The third kappa shape index (κ3) is 4.53. The second-order valence-corrected chi connectivity index (χ2v) is 4.74. The highest BCUT2D eigenvalue weighted by Gasteiger charge is 2.18. The van der Waals surface area contributed by atoms with Crippen LogP contribution in [0.25, 0.3) is 0 Å². The number of aliphatic hydroxyl groups excluding tert-OH is 1. The van der Waals surface area contributed by atoms with Crippen molar-refractivity contribution >= 4 is 33.6 Å². The van der Waals surface area contributed by atoms with E-state index in [2.05, 4.69) is 26.6 Å². The lowest BCUT2D eigenvalue weighted by Gasteiger charge is -2.14. The summed E-state index contributed by atoms with van der Waals surface area (Å²) in [5.41, 5.74) is 1.52. The molecule has 1 rings (SSSR count). The first-order valence-electron chi connectivity index (χ1n) is 5.67. The van der Waals surface area contributed by atoms with Crippen LogP contribution in [0.15, 0.2) is 22.7 Å². The second-order valence-electron chi connectivity index (χ2n) is 3.83. The monoisotopic (exact) mass is 330 g/mol. The first-order chi connectivity index (χ1) is 8.97. The number of anilines is 1. The number of urea groups is 1. The molecule has 0 saturated carbocycles. The molecule has 0 radical (unpaired) electrons. The highest BCUT2D eigenvalue weighted by Crippen LogP contribution is 2.21. The summed E-state index contributed by atoms with van der Waals surface area (Å²) in [6.45, 7) is 1.28. The molecule has 0 bridgehead atoms. The molecule has 7 heteroatoms. The molecular weight excluding hydrogens is 316 g/mol. The van der Waals surface area contributed by atoms with Crippen LogP contribution < -0.4 is 10.6 Å². The number of carbonyl (C=O) groups is 2. The van der Waals surface area contributed by atoms with Crippen LogP contribution in [0.2, 0.25) is 0 Å². The number of aliphatic carboxylic acids is 1. The van der Waals surface area contributed by atoms with Crippen molar-refractivity contribution in [3.05, 3.63) is 28.2 Å². The largest absolute Gasteiger partial charge is 0.480 e. The highest BCUT2D eigenvalue weighted by molar-refractivity contribution is 9.10. The lowest BCUT2D eigenvalue weighted by Crippen LogP contribution is -2.45. The molecule has 6 nitrogen and oxygen atoms in total. The summed E-state index contributed by atoms with van der Waals surface area (Å²) < 4.78 is 0.897. The number of carbonyl (C=O) groups excluding carboxylic acids is 1. The smallest absolute Gasteiger partial charge is 0.328 e. The summed E-state index contributed by atoms with van der Waals surface area (Å²) >= 11 is 3.33. The van der Waals surface area contributed by atoms with Crippen LogP contribution in [0.3, 0.4) is 0 Å². The number of aliphatic hydroxyl groups is 1. The fourth-order valence-electron chi connectivity index (χ4n) is 1.48. The Morgan fingerprint density at radius 3 is 2.63 bits per heavy atom. The Bertz CT molecular complexity index is 479. The molecule has 0 heterocycles. The summed E-state index contributed by atoms with van der Waals surface area (Å²) in [6.07, 6.45) is 0.720. The number of aryl methyl sites for hydroxylation is 1. The van der Waals surface area contributed by atoms with Gasteiger partial charge in [-0.05, 0) is 30.2 Å². The number of rotatable bonds is 5. The van der Waals surface area contributed by atoms with Gasteiger partial charge in [0.15, 0.2) is 6.04 Å². The number of halogens is 1. The van der Waals surface area contributed by atoms with Crippen molar-refractivity contribution in [3.63, 3.8) is 0 Å². The Morgan fingerprint density at radius 1 is 1.42 bits per heavy atom. The predicted molar refractivity (Wildman–Crippen MR) is 74.2 cm³/mol. The Kier molecular flexibility index (Phi) is 5.78. The summed E-state index contributed by atoms with van der Waals surface area (Å²) in [4.78, 5) is 22.3. The van der Waals surface area contributed by atoms with Crippen molar-refractivity contribution in [2.45, 2.75) is 19.4 Å². The molecule has 19 heavy (non-hydrogen) atoms. The summed E-state index contributed by atoms with van der Waals surface area (Å²) in [5, 5.41) is 22.3. The second kappa shape index (κ2) is 7.10. The van der Waals surface area contributed by atoms with Gasteiger partial charge >= 0.3 is 12.0 Å². The van der Waals surface area contributed by atoms with Crippen molar-refractivity contribution in [1.29, 1.82) is 0 Å². The van der Waals surface area contributed by atoms with E-state index in [1.165, 1.54) is 0 Å². The minimum atomic E-state index is -1.32. The zero-order valence-electron chi connectivity index (χ0n) is 10.3. The SMILES string of the molecule is CCc1cc(Br)ccc1NC(=O)N[C@H](CO)C(=O)O. The molecule has 4 N–H and O–H groups in total. The quantitative estimate of drug-likeness (QED) is 0.658. The van der Waals surface area contributed by atoms with Gasteiger partial charge in [-0.3, -0.25) is 0 Å². The Labute approximate surface area is 118 Å². The number of amides is 2. The summed E-state index contributed by atoms with van der Waals surface area (Å²) in [7, 11) is 0. The van der Waals surface area contributed by atoms with Crippen LogP contribution in [0.5, 0.6) is 0 Å². The van der Waals surface area contributed by atoms with Gasteiger partial charge in [0.25, 0.3) is 0 Å². The van der Waals surface area contributed by atoms with Crippen LogP contribution >= 0.6 is 15.9 Å². The van der Waals surface area contributed by atoms with E-state index in [4.69, 9.17) is 10.2 Å². The lowest BCUT2D eigenvalue weighted by molar-refractivity contribution is -0.140. The van der Waals surface area contributed by atoms with Crippen molar-refractivity contribution in [2.75, 3.05) is 11.9 Å². The van der Waals surface area contributed by atoms with Crippen LogP contribution in [0.1, 0.15) is 12.5 Å². The summed E-state index contributed by atoms with van der Waals surface area (Å²) in [5.74, 6) is -1.29. The maximum Gasteiger partial charge on any atom is 0.328 e. The third-order valence-electron chi connectivity index (χ3n) is 2.48. The maximum absolute atomic E-state index is 11.6. The van der Waals surface area contributed by atoms with Crippen LogP contribution in [0.4, 0.5) is 10.5 Å². The molecule has 0 saturated heterocycles. The molecule has 104 valence electrons. The van der Waals surface area contributed by atoms with Gasteiger partial charge in [0, 0.05) is 10.2 Å². The van der Waals surface area contributed by atoms with Gasteiger partial charge < -0.3 is 20.8 Å². The van der Waals surface area contributed by atoms with Gasteiger partial charge in [0.05, 0.1) is 6.61 Å². The molecule has 0 aliphatic carbocycles. The van der Waals surface area contributed by atoms with E-state index in [1.807, 2.05) is 13.0 Å². The molecule has 0 aromatic heterocycles. The van der Waals surface area contributed by atoms with Crippen LogP contribution in [0, 0.1) is 0 Å². The van der Waals surface area contributed by atoms with Crippen LogP contribution in [-0.4, -0.2) is 34.9 Å².